The van der Waals surface area contributed by atoms with Gasteiger partial charge in [0.1, 0.15) is 0 Å². The van der Waals surface area contributed by atoms with Crippen molar-refractivity contribution in [1.82, 2.24) is 10.4 Å². The van der Waals surface area contributed by atoms with Crippen molar-refractivity contribution in [3.63, 3.8) is 0 Å². The van der Waals surface area contributed by atoms with Crippen molar-refractivity contribution in [2.75, 3.05) is 33.5 Å². The molecule has 0 radical (unpaired) electrons. The first-order valence-corrected chi connectivity index (χ1v) is 7.09. The topological polar surface area (TPSA) is 54.0 Å². The molecule has 5 nitrogen and oxygen atoms in total. The molecule has 1 heterocycles. The van der Waals surface area contributed by atoms with Crippen molar-refractivity contribution in [2.45, 2.75) is 57.7 Å². The fourth-order valence-corrected chi connectivity index (χ4v) is 2.99. The molecule has 1 aliphatic rings. The molecule has 0 amide bonds. The SMILES string of the molecule is COCCOCCNC1CC(C)(C)N(O)C(C)(C)C1. The molecule has 114 valence electrons. The van der Waals surface area contributed by atoms with E-state index in [1.807, 2.05) is 0 Å². The van der Waals surface area contributed by atoms with Crippen LogP contribution in [0.4, 0.5) is 0 Å². The Balaban J connectivity index is 2.31. The Labute approximate surface area is 117 Å². The Bertz CT molecular complexity index is 251. The zero-order valence-electron chi connectivity index (χ0n) is 13.0. The highest BCUT2D eigenvalue weighted by Gasteiger charge is 2.44. The standard InChI is InChI=1S/C14H30N2O3/c1-13(2)10-12(11-14(3,4)16(13)17)15-6-7-19-9-8-18-5/h12,15,17H,6-11H2,1-5H3. The van der Waals surface area contributed by atoms with E-state index in [2.05, 4.69) is 33.0 Å². The summed E-state index contributed by atoms with van der Waals surface area (Å²) in [5.41, 5.74) is -0.396. The van der Waals surface area contributed by atoms with Crippen LogP contribution in [0.2, 0.25) is 0 Å². The highest BCUT2D eigenvalue weighted by molar-refractivity contribution is 4.98. The van der Waals surface area contributed by atoms with Crippen LogP contribution in [0.5, 0.6) is 0 Å². The summed E-state index contributed by atoms with van der Waals surface area (Å²) in [6.07, 6.45) is 1.87. The third kappa shape index (κ3) is 5.00. The van der Waals surface area contributed by atoms with Crippen LogP contribution in [0, 0.1) is 0 Å². The van der Waals surface area contributed by atoms with Crippen molar-refractivity contribution >= 4 is 0 Å². The summed E-state index contributed by atoms with van der Waals surface area (Å²) >= 11 is 0. The molecule has 0 aliphatic carbocycles. The number of methoxy groups -OCH3 is 1. The molecule has 0 unspecified atom stereocenters. The molecule has 1 saturated heterocycles. The molecule has 0 aromatic heterocycles. The summed E-state index contributed by atoms with van der Waals surface area (Å²) in [6.45, 7) is 11.1. The van der Waals surface area contributed by atoms with Gasteiger partial charge in [0.2, 0.25) is 0 Å². The summed E-state index contributed by atoms with van der Waals surface area (Å²) < 4.78 is 10.4. The summed E-state index contributed by atoms with van der Waals surface area (Å²) in [5, 5.41) is 15.3. The van der Waals surface area contributed by atoms with E-state index in [4.69, 9.17) is 9.47 Å². The zero-order valence-corrected chi connectivity index (χ0v) is 13.0. The number of hydrogen-bond acceptors (Lipinski definition) is 5. The van der Waals surface area contributed by atoms with E-state index in [0.717, 1.165) is 19.4 Å². The molecule has 0 spiro atoms. The maximum Gasteiger partial charge on any atom is 0.0700 e. The van der Waals surface area contributed by atoms with E-state index in [0.29, 0.717) is 25.9 Å². The van der Waals surface area contributed by atoms with Crippen LogP contribution >= 0.6 is 0 Å². The molecule has 0 saturated carbocycles. The molecular weight excluding hydrogens is 244 g/mol. The minimum atomic E-state index is -0.198. The van der Waals surface area contributed by atoms with Gasteiger partial charge in [0.05, 0.1) is 19.8 Å². The highest BCUT2D eigenvalue weighted by Crippen LogP contribution is 2.36. The smallest absolute Gasteiger partial charge is 0.0700 e. The van der Waals surface area contributed by atoms with Crippen molar-refractivity contribution in [1.29, 1.82) is 0 Å². The van der Waals surface area contributed by atoms with Crippen LogP contribution in [-0.4, -0.2) is 60.9 Å². The normalized spacial score (nSPS) is 23.7. The Hall–Kier alpha value is -0.200. The zero-order chi connectivity index (χ0) is 14.5. The largest absolute Gasteiger partial charge is 0.382 e. The molecule has 1 rings (SSSR count). The Morgan fingerprint density at radius 3 is 2.21 bits per heavy atom. The fourth-order valence-electron chi connectivity index (χ4n) is 2.99. The number of hydroxylamine groups is 2. The number of ether oxygens (including phenoxy) is 2. The lowest BCUT2D eigenvalue weighted by Gasteiger charge is -2.51. The minimum Gasteiger partial charge on any atom is -0.382 e. The number of rotatable bonds is 7. The monoisotopic (exact) mass is 274 g/mol. The van der Waals surface area contributed by atoms with E-state index in [1.54, 1.807) is 7.11 Å². The summed E-state index contributed by atoms with van der Waals surface area (Å²) in [4.78, 5) is 0. The van der Waals surface area contributed by atoms with Crippen molar-refractivity contribution < 1.29 is 14.7 Å². The number of nitrogens with one attached hydrogen (secondary N) is 1. The average molecular weight is 274 g/mol. The van der Waals surface area contributed by atoms with E-state index in [-0.39, 0.29) is 11.1 Å². The lowest BCUT2D eigenvalue weighted by molar-refractivity contribution is -0.246. The first kappa shape index (κ1) is 16.9. The summed E-state index contributed by atoms with van der Waals surface area (Å²) in [5.74, 6) is 0. The second-order valence-electron chi connectivity index (χ2n) is 6.60. The Morgan fingerprint density at radius 1 is 1.11 bits per heavy atom. The van der Waals surface area contributed by atoms with Gasteiger partial charge in [-0.25, -0.2) is 0 Å². The minimum absolute atomic E-state index is 0.198. The highest BCUT2D eigenvalue weighted by atomic mass is 16.5. The maximum atomic E-state index is 10.2. The van der Waals surface area contributed by atoms with Crippen LogP contribution in [0.3, 0.4) is 0 Å². The van der Waals surface area contributed by atoms with Gasteiger partial charge in [-0.05, 0) is 40.5 Å². The summed E-state index contributed by atoms with van der Waals surface area (Å²) in [6, 6.07) is 0.416. The van der Waals surface area contributed by atoms with E-state index >= 15 is 0 Å². The lowest BCUT2D eigenvalue weighted by Crippen LogP contribution is -2.62. The van der Waals surface area contributed by atoms with Crippen molar-refractivity contribution in [3.05, 3.63) is 0 Å². The second-order valence-corrected chi connectivity index (χ2v) is 6.60. The van der Waals surface area contributed by atoms with Gasteiger partial charge in [-0.3, -0.25) is 0 Å². The fraction of sp³-hybridized carbons (Fsp3) is 1.00. The lowest BCUT2D eigenvalue weighted by atomic mass is 9.79. The maximum absolute atomic E-state index is 10.2. The second kappa shape index (κ2) is 6.99. The van der Waals surface area contributed by atoms with E-state index in [9.17, 15) is 5.21 Å². The molecule has 0 atom stereocenters. The average Bonchev–Trinajstić information content (AvgIpc) is 2.30. The predicted molar refractivity (Wildman–Crippen MR) is 75.5 cm³/mol. The quantitative estimate of drug-likeness (QED) is 0.691. The van der Waals surface area contributed by atoms with Gasteiger partial charge in [-0.15, -0.1) is 0 Å². The van der Waals surface area contributed by atoms with Gasteiger partial charge < -0.3 is 20.0 Å². The van der Waals surface area contributed by atoms with Crippen molar-refractivity contribution in [2.24, 2.45) is 0 Å². The molecule has 1 fully saturated rings. The molecule has 2 N–H and O–H groups in total. The van der Waals surface area contributed by atoms with Crippen LogP contribution in [0.25, 0.3) is 0 Å². The van der Waals surface area contributed by atoms with Crippen LogP contribution in [-0.2, 0) is 9.47 Å². The van der Waals surface area contributed by atoms with Gasteiger partial charge >= 0.3 is 0 Å². The number of nitrogens with zero attached hydrogens (tertiary/aromatic N) is 1. The first-order valence-electron chi connectivity index (χ1n) is 7.09. The van der Waals surface area contributed by atoms with Gasteiger partial charge in [0.25, 0.3) is 0 Å². The van der Waals surface area contributed by atoms with Gasteiger partial charge in [0, 0.05) is 30.8 Å². The van der Waals surface area contributed by atoms with E-state index < -0.39 is 0 Å². The third-order valence-electron chi connectivity index (χ3n) is 3.75. The molecule has 0 aromatic rings. The van der Waals surface area contributed by atoms with Gasteiger partial charge in [-0.1, -0.05) is 0 Å². The Morgan fingerprint density at radius 2 is 1.68 bits per heavy atom. The van der Waals surface area contributed by atoms with Crippen LogP contribution in [0.15, 0.2) is 0 Å². The number of hydrogen-bond donors (Lipinski definition) is 2. The van der Waals surface area contributed by atoms with Crippen LogP contribution < -0.4 is 5.32 Å². The molecular formula is C14H30N2O3. The number of piperidine rings is 1. The summed E-state index contributed by atoms with van der Waals surface area (Å²) in [7, 11) is 1.68. The van der Waals surface area contributed by atoms with Gasteiger partial charge in [0.15, 0.2) is 0 Å². The molecule has 5 heteroatoms. The third-order valence-corrected chi connectivity index (χ3v) is 3.75. The van der Waals surface area contributed by atoms with Crippen molar-refractivity contribution in [3.8, 4) is 0 Å². The molecule has 1 aliphatic heterocycles. The van der Waals surface area contributed by atoms with Crippen LogP contribution in [0.1, 0.15) is 40.5 Å². The predicted octanol–water partition coefficient (Wildman–Crippen LogP) is 1.65. The van der Waals surface area contributed by atoms with Gasteiger partial charge in [-0.2, -0.15) is 5.06 Å². The molecule has 0 aromatic carbocycles. The first-order chi connectivity index (χ1) is 8.79. The molecule has 0 bridgehead atoms. The van der Waals surface area contributed by atoms with E-state index in [1.165, 1.54) is 5.06 Å². The Kier molecular flexibility index (Phi) is 6.20. The molecule has 19 heavy (non-hydrogen) atoms.